The van der Waals surface area contributed by atoms with Crippen LogP contribution in [0.25, 0.3) is 0 Å². The van der Waals surface area contributed by atoms with Gasteiger partial charge in [-0.25, -0.2) is 4.99 Å². The molecule has 0 aromatic rings. The summed E-state index contributed by atoms with van der Waals surface area (Å²) < 4.78 is 0. The Bertz CT molecular complexity index is 583. The normalized spacial score (nSPS) is 35.1. The minimum atomic E-state index is -0.549. The van der Waals surface area contributed by atoms with Crippen molar-refractivity contribution in [2.45, 2.75) is 128 Å². The van der Waals surface area contributed by atoms with Gasteiger partial charge in [0.2, 0.25) is 0 Å². The molecule has 3 fully saturated rings. The molecule has 4 nitrogen and oxygen atoms in total. The Labute approximate surface area is 178 Å². The molecule has 0 saturated heterocycles. The summed E-state index contributed by atoms with van der Waals surface area (Å²) in [5, 5.41) is 0. The van der Waals surface area contributed by atoms with Crippen molar-refractivity contribution in [3.63, 3.8) is 0 Å². The van der Waals surface area contributed by atoms with Crippen LogP contribution in [0.3, 0.4) is 0 Å². The molecule has 1 unspecified atom stereocenters. The van der Waals surface area contributed by atoms with Crippen LogP contribution in [-0.2, 0) is 4.79 Å². The second kappa shape index (κ2) is 9.39. The first-order chi connectivity index (χ1) is 14.1. The summed E-state index contributed by atoms with van der Waals surface area (Å²) in [5.41, 5.74) is 5.93. The number of hydrogen-bond acceptors (Lipinski definition) is 3. The molecule has 0 radical (unpaired) electrons. The van der Waals surface area contributed by atoms with Crippen LogP contribution in [-0.4, -0.2) is 28.3 Å². The van der Waals surface area contributed by atoms with Gasteiger partial charge in [-0.15, -0.1) is 0 Å². The fourth-order valence-corrected chi connectivity index (χ4v) is 6.69. The Morgan fingerprint density at radius 2 is 1.48 bits per heavy atom. The van der Waals surface area contributed by atoms with Crippen LogP contribution in [0.5, 0.6) is 0 Å². The Morgan fingerprint density at radius 3 is 2.10 bits per heavy atom. The summed E-state index contributed by atoms with van der Waals surface area (Å²) in [6.45, 7) is 2.33. The minimum absolute atomic E-state index is 0.260. The van der Waals surface area contributed by atoms with E-state index in [0.717, 1.165) is 43.9 Å². The lowest BCUT2D eigenvalue weighted by Gasteiger charge is -2.37. The molecule has 4 aliphatic rings. The number of rotatable bonds is 6. The smallest absolute Gasteiger partial charge is 0.257 e. The van der Waals surface area contributed by atoms with Gasteiger partial charge in [0.15, 0.2) is 5.96 Å². The molecule has 2 N–H and O–H groups in total. The summed E-state index contributed by atoms with van der Waals surface area (Å²) in [5.74, 6) is 3.02. The summed E-state index contributed by atoms with van der Waals surface area (Å²) in [6.07, 6.45) is 21.0. The van der Waals surface area contributed by atoms with Gasteiger partial charge in [-0.3, -0.25) is 9.69 Å². The number of carbonyl (C=O) groups excluding carboxylic acids is 1. The number of guanidine groups is 1. The molecule has 0 spiro atoms. The van der Waals surface area contributed by atoms with Gasteiger partial charge in [0.1, 0.15) is 5.54 Å². The monoisotopic (exact) mass is 401 g/mol. The molecule has 0 aromatic heterocycles. The number of nitrogens with two attached hydrogens (primary N) is 1. The Hall–Kier alpha value is -1.06. The molecule has 1 heterocycles. The standard InChI is InChI=1S/C25H43N3O/c1-19-12-14-22(15-13-19)28-23(29)25(27-24(28)26,18-21-10-6-3-7-11-21)17-16-20-8-4-2-5-9-20/h19-22H,2-18H2,1H3,(H2,26,27). The molecule has 0 bridgehead atoms. The summed E-state index contributed by atoms with van der Waals surface area (Å²) in [7, 11) is 0. The Morgan fingerprint density at radius 1 is 0.897 bits per heavy atom. The number of amides is 1. The van der Waals surface area contributed by atoms with E-state index in [2.05, 4.69) is 6.92 Å². The highest BCUT2D eigenvalue weighted by molar-refractivity contribution is 6.07. The predicted octanol–water partition coefficient (Wildman–Crippen LogP) is 5.79. The molecule has 0 aromatic carbocycles. The van der Waals surface area contributed by atoms with Crippen LogP contribution >= 0.6 is 0 Å². The Kier molecular flexibility index (Phi) is 6.86. The molecule has 4 rings (SSSR count). The first-order valence-corrected chi connectivity index (χ1v) is 12.8. The van der Waals surface area contributed by atoms with E-state index in [0.29, 0.717) is 11.9 Å². The van der Waals surface area contributed by atoms with Gasteiger partial charge in [0, 0.05) is 6.04 Å². The molecule has 3 saturated carbocycles. The predicted molar refractivity (Wildman–Crippen MR) is 120 cm³/mol. The maximum Gasteiger partial charge on any atom is 0.257 e. The van der Waals surface area contributed by atoms with Crippen molar-refractivity contribution in [1.29, 1.82) is 0 Å². The fourth-order valence-electron chi connectivity index (χ4n) is 6.69. The van der Waals surface area contributed by atoms with Gasteiger partial charge < -0.3 is 5.73 Å². The zero-order valence-corrected chi connectivity index (χ0v) is 18.7. The highest BCUT2D eigenvalue weighted by Crippen LogP contribution is 2.42. The highest BCUT2D eigenvalue weighted by atomic mass is 16.2. The van der Waals surface area contributed by atoms with Gasteiger partial charge in [0.05, 0.1) is 0 Å². The van der Waals surface area contributed by atoms with Crippen molar-refractivity contribution >= 4 is 11.9 Å². The van der Waals surface area contributed by atoms with Crippen LogP contribution in [0.4, 0.5) is 0 Å². The zero-order chi connectivity index (χ0) is 20.3. The third-order valence-corrected chi connectivity index (χ3v) is 8.58. The quantitative estimate of drug-likeness (QED) is 0.612. The summed E-state index contributed by atoms with van der Waals surface area (Å²) >= 11 is 0. The van der Waals surface area contributed by atoms with Crippen molar-refractivity contribution in [2.24, 2.45) is 28.5 Å². The SMILES string of the molecule is CC1CCC(N2C(=O)C(CCC3CCCCC3)(CC3CCCCC3)N=C2N)CC1. The average Bonchev–Trinajstić information content (AvgIpc) is 2.98. The minimum Gasteiger partial charge on any atom is -0.369 e. The first-order valence-electron chi connectivity index (χ1n) is 12.8. The maximum atomic E-state index is 13.9. The van der Waals surface area contributed by atoms with Crippen molar-refractivity contribution < 1.29 is 4.79 Å². The number of carbonyl (C=O) groups is 1. The highest BCUT2D eigenvalue weighted by Gasteiger charge is 2.50. The van der Waals surface area contributed by atoms with Crippen molar-refractivity contribution in [2.75, 3.05) is 0 Å². The summed E-state index contributed by atoms with van der Waals surface area (Å²) in [4.78, 5) is 20.9. The molecule has 164 valence electrons. The number of nitrogens with zero attached hydrogens (tertiary/aromatic N) is 2. The van der Waals surface area contributed by atoms with Gasteiger partial charge in [0.25, 0.3) is 5.91 Å². The molecule has 1 aliphatic heterocycles. The van der Waals surface area contributed by atoms with Crippen molar-refractivity contribution in [3.05, 3.63) is 0 Å². The topological polar surface area (TPSA) is 58.7 Å². The first kappa shape index (κ1) is 21.2. The number of aliphatic imine (C=N–C) groups is 1. The van der Waals surface area contributed by atoms with E-state index >= 15 is 0 Å². The molecule has 1 amide bonds. The fraction of sp³-hybridized carbons (Fsp3) is 0.920. The Balaban J connectivity index is 1.49. The van der Waals surface area contributed by atoms with Crippen LogP contribution in [0.2, 0.25) is 0 Å². The van der Waals surface area contributed by atoms with Gasteiger partial charge in [-0.1, -0.05) is 71.1 Å². The van der Waals surface area contributed by atoms with Crippen LogP contribution < -0.4 is 5.73 Å². The molecular weight excluding hydrogens is 358 g/mol. The third-order valence-electron chi connectivity index (χ3n) is 8.58. The second-order valence-corrected chi connectivity index (χ2v) is 10.8. The lowest BCUT2D eigenvalue weighted by atomic mass is 9.75. The zero-order valence-electron chi connectivity index (χ0n) is 18.7. The average molecular weight is 402 g/mol. The largest absolute Gasteiger partial charge is 0.369 e. The van der Waals surface area contributed by atoms with Crippen LogP contribution in [0, 0.1) is 17.8 Å². The van der Waals surface area contributed by atoms with Crippen molar-refractivity contribution in [3.8, 4) is 0 Å². The molecule has 4 heteroatoms. The number of hydrogen-bond donors (Lipinski definition) is 1. The molecular formula is C25H43N3O. The van der Waals surface area contributed by atoms with E-state index in [-0.39, 0.29) is 11.9 Å². The lowest BCUT2D eigenvalue weighted by molar-refractivity contribution is -0.134. The summed E-state index contributed by atoms with van der Waals surface area (Å²) in [6, 6.07) is 0.283. The van der Waals surface area contributed by atoms with Crippen molar-refractivity contribution in [1.82, 2.24) is 4.90 Å². The molecule has 29 heavy (non-hydrogen) atoms. The van der Waals surface area contributed by atoms with Crippen LogP contribution in [0.15, 0.2) is 4.99 Å². The van der Waals surface area contributed by atoms with Crippen LogP contribution in [0.1, 0.15) is 116 Å². The maximum absolute atomic E-state index is 13.9. The third kappa shape index (κ3) is 4.82. The van der Waals surface area contributed by atoms with E-state index in [1.165, 1.54) is 77.0 Å². The molecule has 1 atom stereocenters. The van der Waals surface area contributed by atoms with Gasteiger partial charge in [-0.05, 0) is 62.7 Å². The van der Waals surface area contributed by atoms with E-state index in [1.54, 1.807) is 0 Å². The van der Waals surface area contributed by atoms with E-state index in [1.807, 2.05) is 4.90 Å². The van der Waals surface area contributed by atoms with E-state index in [4.69, 9.17) is 10.7 Å². The van der Waals surface area contributed by atoms with Gasteiger partial charge >= 0.3 is 0 Å². The van der Waals surface area contributed by atoms with Gasteiger partial charge in [-0.2, -0.15) is 0 Å². The van der Waals surface area contributed by atoms with E-state index in [9.17, 15) is 4.79 Å². The second-order valence-electron chi connectivity index (χ2n) is 10.8. The van der Waals surface area contributed by atoms with E-state index < -0.39 is 5.54 Å². The molecule has 3 aliphatic carbocycles. The lowest BCUT2D eigenvalue weighted by Crippen LogP contribution is -2.51.